The lowest BCUT2D eigenvalue weighted by molar-refractivity contribution is 0.963. The average Bonchev–Trinajstić information content (AvgIpc) is 1.98. The summed E-state index contributed by atoms with van der Waals surface area (Å²) in [5, 5.41) is 0.600. The molecule has 4 heteroatoms. The zero-order valence-electron chi connectivity index (χ0n) is 6.05. The second-order valence-corrected chi connectivity index (χ2v) is 2.67. The molecule has 0 amide bonds. The van der Waals surface area contributed by atoms with Gasteiger partial charge in [0.05, 0.1) is 5.02 Å². The molecule has 0 aliphatic heterocycles. The summed E-state index contributed by atoms with van der Waals surface area (Å²) < 4.78 is 0. The molecule has 0 bridgehead atoms. The number of hydrogen-bond acceptors (Lipinski definition) is 3. The van der Waals surface area contributed by atoms with E-state index in [2.05, 4.69) is 4.98 Å². The van der Waals surface area contributed by atoms with E-state index in [1.807, 2.05) is 0 Å². The highest BCUT2D eigenvalue weighted by Gasteiger charge is 1.99. The van der Waals surface area contributed by atoms with Crippen molar-refractivity contribution in [1.29, 1.82) is 0 Å². The van der Waals surface area contributed by atoms with Gasteiger partial charge in [0.1, 0.15) is 5.82 Å². The van der Waals surface area contributed by atoms with Crippen LogP contribution in [0.1, 0.15) is 5.56 Å². The van der Waals surface area contributed by atoms with E-state index >= 15 is 0 Å². The van der Waals surface area contributed by atoms with E-state index in [0.29, 0.717) is 17.4 Å². The van der Waals surface area contributed by atoms with Gasteiger partial charge in [-0.1, -0.05) is 11.6 Å². The van der Waals surface area contributed by atoms with Crippen molar-refractivity contribution in [3.05, 3.63) is 22.8 Å². The Labute approximate surface area is 70.4 Å². The van der Waals surface area contributed by atoms with Crippen LogP contribution in [0.5, 0.6) is 0 Å². The Kier molecular flexibility index (Phi) is 2.68. The minimum absolute atomic E-state index is 0.514. The largest absolute Gasteiger partial charge is 0.383 e. The van der Waals surface area contributed by atoms with Crippen molar-refractivity contribution in [2.75, 3.05) is 12.3 Å². The molecular weight excluding hydrogens is 162 g/mol. The first-order chi connectivity index (χ1) is 5.24. The van der Waals surface area contributed by atoms with Gasteiger partial charge in [0.15, 0.2) is 0 Å². The maximum absolute atomic E-state index is 5.69. The molecule has 0 aliphatic carbocycles. The molecule has 11 heavy (non-hydrogen) atoms. The highest BCUT2D eigenvalue weighted by Crippen LogP contribution is 2.14. The summed E-state index contributed by atoms with van der Waals surface area (Å²) in [4.78, 5) is 3.89. The van der Waals surface area contributed by atoms with Gasteiger partial charge in [0.2, 0.25) is 0 Å². The molecule has 0 radical (unpaired) electrons. The molecule has 0 spiro atoms. The number of rotatable bonds is 2. The van der Waals surface area contributed by atoms with Gasteiger partial charge in [-0.15, -0.1) is 0 Å². The normalized spacial score (nSPS) is 10.0. The van der Waals surface area contributed by atoms with E-state index in [1.165, 1.54) is 6.20 Å². The number of pyridine rings is 1. The summed E-state index contributed by atoms with van der Waals surface area (Å²) in [6.07, 6.45) is 2.25. The third-order valence-electron chi connectivity index (χ3n) is 1.38. The van der Waals surface area contributed by atoms with Gasteiger partial charge >= 0.3 is 0 Å². The van der Waals surface area contributed by atoms with E-state index in [9.17, 15) is 0 Å². The molecule has 0 saturated carbocycles. The molecule has 60 valence electrons. The predicted molar refractivity (Wildman–Crippen MR) is 46.4 cm³/mol. The fraction of sp³-hybridized carbons (Fsp3) is 0.286. The van der Waals surface area contributed by atoms with Crippen LogP contribution in [0.3, 0.4) is 0 Å². The second-order valence-electron chi connectivity index (χ2n) is 2.24. The Hall–Kier alpha value is -0.800. The lowest BCUT2D eigenvalue weighted by Crippen LogP contribution is -2.06. The minimum atomic E-state index is 0.514. The molecule has 0 aromatic carbocycles. The molecule has 0 unspecified atom stereocenters. The van der Waals surface area contributed by atoms with Crippen LogP contribution in [0.15, 0.2) is 12.3 Å². The molecule has 4 N–H and O–H groups in total. The smallest absolute Gasteiger partial charge is 0.126 e. The lowest BCUT2D eigenvalue weighted by atomic mass is 10.2. The number of halogens is 1. The van der Waals surface area contributed by atoms with Crippen molar-refractivity contribution in [2.24, 2.45) is 5.73 Å². The number of nitrogens with two attached hydrogens (primary N) is 2. The fourth-order valence-electron chi connectivity index (χ4n) is 0.848. The zero-order chi connectivity index (χ0) is 8.27. The molecule has 1 rings (SSSR count). The topological polar surface area (TPSA) is 64.9 Å². The van der Waals surface area contributed by atoms with E-state index < -0.39 is 0 Å². The van der Waals surface area contributed by atoms with Gasteiger partial charge in [-0.3, -0.25) is 0 Å². The first-order valence-electron chi connectivity index (χ1n) is 3.34. The first-order valence-corrected chi connectivity index (χ1v) is 3.72. The Bertz CT molecular complexity index is 249. The molecule has 0 aliphatic rings. The number of hydrogen-bond donors (Lipinski definition) is 2. The summed E-state index contributed by atoms with van der Waals surface area (Å²) in [5.74, 6) is 0.514. The van der Waals surface area contributed by atoms with Crippen LogP contribution in [0, 0.1) is 0 Å². The minimum Gasteiger partial charge on any atom is -0.383 e. The molecule has 1 aromatic rings. The summed E-state index contributed by atoms with van der Waals surface area (Å²) in [5.41, 5.74) is 11.8. The van der Waals surface area contributed by atoms with E-state index in [4.69, 9.17) is 23.1 Å². The van der Waals surface area contributed by atoms with E-state index in [0.717, 1.165) is 12.0 Å². The summed E-state index contributed by atoms with van der Waals surface area (Å²) in [6, 6.07) is 1.79. The molecule has 0 atom stereocenters. The summed E-state index contributed by atoms with van der Waals surface area (Å²) >= 11 is 5.69. The Morgan fingerprint density at radius 2 is 2.27 bits per heavy atom. The van der Waals surface area contributed by atoms with E-state index in [-0.39, 0.29) is 0 Å². The van der Waals surface area contributed by atoms with Gasteiger partial charge < -0.3 is 11.5 Å². The lowest BCUT2D eigenvalue weighted by Gasteiger charge is -2.01. The van der Waals surface area contributed by atoms with Crippen molar-refractivity contribution in [2.45, 2.75) is 6.42 Å². The number of nitrogen functional groups attached to an aromatic ring is 1. The number of nitrogens with zero attached hydrogens (tertiary/aromatic N) is 1. The monoisotopic (exact) mass is 171 g/mol. The van der Waals surface area contributed by atoms with Crippen LogP contribution in [0.25, 0.3) is 0 Å². The van der Waals surface area contributed by atoms with Crippen LogP contribution in [-0.2, 0) is 6.42 Å². The maximum atomic E-state index is 5.69. The van der Waals surface area contributed by atoms with Gasteiger partial charge in [0.25, 0.3) is 0 Å². The quantitative estimate of drug-likeness (QED) is 0.693. The van der Waals surface area contributed by atoms with Crippen LogP contribution in [0.4, 0.5) is 5.82 Å². The summed E-state index contributed by atoms with van der Waals surface area (Å²) in [6.45, 7) is 0.562. The van der Waals surface area contributed by atoms with Crippen molar-refractivity contribution in [1.82, 2.24) is 4.98 Å². The first kappa shape index (κ1) is 8.30. The summed E-state index contributed by atoms with van der Waals surface area (Å²) in [7, 11) is 0. The Morgan fingerprint density at radius 3 is 2.91 bits per heavy atom. The van der Waals surface area contributed by atoms with Crippen LogP contribution in [-0.4, -0.2) is 11.5 Å². The highest BCUT2D eigenvalue weighted by molar-refractivity contribution is 6.30. The molecule has 3 nitrogen and oxygen atoms in total. The molecule has 1 heterocycles. The third kappa shape index (κ3) is 2.06. The Balaban J connectivity index is 2.93. The second kappa shape index (κ2) is 3.55. The SMILES string of the molecule is NCCc1cc(Cl)cnc1N. The molecule has 1 aromatic heterocycles. The van der Waals surface area contributed by atoms with Crippen LogP contribution in [0.2, 0.25) is 5.02 Å². The van der Waals surface area contributed by atoms with Gasteiger partial charge in [-0.2, -0.15) is 0 Å². The highest BCUT2D eigenvalue weighted by atomic mass is 35.5. The predicted octanol–water partition coefficient (Wildman–Crippen LogP) is 0.818. The van der Waals surface area contributed by atoms with Crippen LogP contribution >= 0.6 is 11.6 Å². The Morgan fingerprint density at radius 1 is 1.55 bits per heavy atom. The van der Waals surface area contributed by atoms with Crippen LogP contribution < -0.4 is 11.5 Å². The number of aromatic nitrogens is 1. The van der Waals surface area contributed by atoms with E-state index in [1.54, 1.807) is 6.07 Å². The van der Waals surface area contributed by atoms with Gasteiger partial charge in [-0.25, -0.2) is 4.98 Å². The van der Waals surface area contributed by atoms with Gasteiger partial charge in [-0.05, 0) is 24.6 Å². The number of anilines is 1. The van der Waals surface area contributed by atoms with Crippen molar-refractivity contribution < 1.29 is 0 Å². The molecule has 0 fully saturated rings. The fourth-order valence-corrected chi connectivity index (χ4v) is 1.03. The van der Waals surface area contributed by atoms with Crippen molar-refractivity contribution in [3.63, 3.8) is 0 Å². The van der Waals surface area contributed by atoms with Gasteiger partial charge in [0, 0.05) is 6.20 Å². The maximum Gasteiger partial charge on any atom is 0.126 e. The standard InChI is InChI=1S/C7H10ClN3/c8-6-3-5(1-2-9)7(10)11-4-6/h3-4H,1-2,9H2,(H2,10,11). The molecular formula is C7H10ClN3. The molecule has 0 saturated heterocycles. The van der Waals surface area contributed by atoms with Crippen molar-refractivity contribution in [3.8, 4) is 0 Å². The third-order valence-corrected chi connectivity index (χ3v) is 1.59. The average molecular weight is 172 g/mol. The van der Waals surface area contributed by atoms with Crippen molar-refractivity contribution >= 4 is 17.4 Å². The zero-order valence-corrected chi connectivity index (χ0v) is 6.80.